The number of alkyl halides is 15. The average Bonchev–Trinajstić information content (AvgIpc) is 2.75. The lowest BCUT2D eigenvalue weighted by Crippen LogP contribution is -2.68. The Labute approximate surface area is 201 Å². The number of rotatable bonds is 10. The summed E-state index contributed by atoms with van der Waals surface area (Å²) in [6.45, 7) is 0. The minimum absolute atomic E-state index is 0.136. The molecule has 0 fully saturated rings. The van der Waals surface area contributed by atoms with Gasteiger partial charge in [0.25, 0.3) is 0 Å². The van der Waals surface area contributed by atoms with Crippen LogP contribution in [0, 0.1) is 0 Å². The maximum atomic E-state index is 13.9. The van der Waals surface area contributed by atoms with Crippen molar-refractivity contribution in [3.63, 3.8) is 0 Å². The SMILES string of the molecule is O=C(O)c1cc(OC(F)(F)C(F)(F)C(F)(F)C(F)(F)C(F)(F)/C(F)=C(\F)C(F)(F)C(F)(F)F)cc(C(=O)O)c1. The predicted molar refractivity (Wildman–Crippen MR) is 86.0 cm³/mol. The quantitative estimate of drug-likeness (QED) is 0.280. The fraction of sp³-hybridized carbons (Fsp3) is 0.412. The number of halogens is 17. The Balaban J connectivity index is 3.70. The summed E-state index contributed by atoms with van der Waals surface area (Å²) in [5, 5.41) is 17.4. The molecular formula is C17H5F17O5. The molecule has 5 nitrogen and oxygen atoms in total. The summed E-state index contributed by atoms with van der Waals surface area (Å²) in [4.78, 5) is 21.7. The first kappa shape index (κ1) is 33.5. The molecule has 0 bridgehead atoms. The lowest BCUT2D eigenvalue weighted by Gasteiger charge is -2.38. The van der Waals surface area contributed by atoms with Gasteiger partial charge in [0.05, 0.1) is 11.1 Å². The number of carbonyl (C=O) groups is 2. The van der Waals surface area contributed by atoms with Crippen LogP contribution in [0.4, 0.5) is 74.6 Å². The van der Waals surface area contributed by atoms with Crippen molar-refractivity contribution >= 4 is 11.9 Å². The molecule has 0 aliphatic rings. The second kappa shape index (κ2) is 9.61. The molecule has 0 aliphatic carbocycles. The van der Waals surface area contributed by atoms with Crippen molar-refractivity contribution in [2.75, 3.05) is 0 Å². The van der Waals surface area contributed by atoms with Crippen LogP contribution in [-0.4, -0.2) is 64.0 Å². The zero-order valence-electron chi connectivity index (χ0n) is 17.3. The first-order chi connectivity index (χ1) is 17.0. The Morgan fingerprint density at radius 1 is 0.564 bits per heavy atom. The number of benzene rings is 1. The largest absolute Gasteiger partial charge is 0.478 e. The van der Waals surface area contributed by atoms with Crippen molar-refractivity contribution in [2.45, 2.75) is 41.9 Å². The van der Waals surface area contributed by atoms with Gasteiger partial charge in [0.15, 0.2) is 0 Å². The number of carboxylic acid groups (broad SMARTS) is 2. The minimum Gasteiger partial charge on any atom is -0.478 e. The zero-order chi connectivity index (χ0) is 31.4. The second-order valence-electron chi connectivity index (χ2n) is 6.97. The number of hydrogen-bond acceptors (Lipinski definition) is 3. The molecule has 0 spiro atoms. The summed E-state index contributed by atoms with van der Waals surface area (Å²) < 4.78 is 228. The zero-order valence-corrected chi connectivity index (χ0v) is 17.3. The van der Waals surface area contributed by atoms with Crippen LogP contribution in [0.5, 0.6) is 5.75 Å². The van der Waals surface area contributed by atoms with Crippen molar-refractivity contribution in [3.8, 4) is 5.75 Å². The molecule has 39 heavy (non-hydrogen) atoms. The van der Waals surface area contributed by atoms with Crippen LogP contribution in [0.3, 0.4) is 0 Å². The summed E-state index contributed by atoms with van der Waals surface area (Å²) in [5.41, 5.74) is -2.80. The van der Waals surface area contributed by atoms with Gasteiger partial charge < -0.3 is 14.9 Å². The number of aromatic carboxylic acids is 2. The Kier molecular flexibility index (Phi) is 8.26. The molecule has 0 saturated carbocycles. The molecule has 0 aromatic heterocycles. The maximum Gasteiger partial charge on any atom is 0.471 e. The van der Waals surface area contributed by atoms with Gasteiger partial charge in [-0.25, -0.2) is 18.4 Å². The van der Waals surface area contributed by atoms with Gasteiger partial charge in [0.2, 0.25) is 11.7 Å². The van der Waals surface area contributed by atoms with Crippen LogP contribution in [0.15, 0.2) is 29.9 Å². The van der Waals surface area contributed by atoms with Crippen LogP contribution >= 0.6 is 0 Å². The lowest BCUT2D eigenvalue weighted by atomic mass is 9.96. The Bertz CT molecular complexity index is 1140. The smallest absolute Gasteiger partial charge is 0.471 e. The Morgan fingerprint density at radius 3 is 1.26 bits per heavy atom. The van der Waals surface area contributed by atoms with Crippen LogP contribution in [0.2, 0.25) is 0 Å². The molecule has 0 unspecified atom stereocenters. The van der Waals surface area contributed by atoms with Crippen LogP contribution in [-0.2, 0) is 0 Å². The third-order valence-corrected chi connectivity index (χ3v) is 4.30. The molecule has 0 radical (unpaired) electrons. The van der Waals surface area contributed by atoms with E-state index in [1.165, 1.54) is 0 Å². The number of allylic oxidation sites excluding steroid dienone is 2. The topological polar surface area (TPSA) is 83.8 Å². The van der Waals surface area contributed by atoms with Crippen molar-refractivity contribution in [1.29, 1.82) is 0 Å². The minimum atomic E-state index is -8.44. The molecule has 22 heteroatoms. The van der Waals surface area contributed by atoms with Gasteiger partial charge in [0, 0.05) is 0 Å². The highest BCUT2D eigenvalue weighted by atomic mass is 19.4. The number of hydrogen-bond donors (Lipinski definition) is 2. The van der Waals surface area contributed by atoms with Crippen molar-refractivity contribution in [2.24, 2.45) is 0 Å². The van der Waals surface area contributed by atoms with Gasteiger partial charge in [-0.2, -0.15) is 65.9 Å². The van der Waals surface area contributed by atoms with Gasteiger partial charge in [-0.1, -0.05) is 0 Å². The van der Waals surface area contributed by atoms with E-state index in [0.717, 1.165) is 0 Å². The van der Waals surface area contributed by atoms with E-state index < -0.39 is 82.4 Å². The van der Waals surface area contributed by atoms with Crippen molar-refractivity contribution in [3.05, 3.63) is 41.0 Å². The van der Waals surface area contributed by atoms with E-state index in [-0.39, 0.29) is 18.2 Å². The van der Waals surface area contributed by atoms with E-state index in [1.54, 1.807) is 0 Å². The van der Waals surface area contributed by atoms with Crippen molar-refractivity contribution in [1.82, 2.24) is 0 Å². The highest BCUT2D eigenvalue weighted by Gasteiger charge is 2.89. The van der Waals surface area contributed by atoms with E-state index in [2.05, 4.69) is 4.74 Å². The molecule has 1 aromatic rings. The van der Waals surface area contributed by atoms with Gasteiger partial charge in [-0.3, -0.25) is 0 Å². The van der Waals surface area contributed by atoms with Crippen LogP contribution in [0.1, 0.15) is 20.7 Å². The molecule has 222 valence electrons. The van der Waals surface area contributed by atoms with Gasteiger partial charge >= 0.3 is 53.8 Å². The number of carboxylic acids is 2. The normalized spacial score (nSPS) is 15.1. The lowest BCUT2D eigenvalue weighted by molar-refractivity contribution is -0.428. The van der Waals surface area contributed by atoms with Gasteiger partial charge in [-0.15, -0.1) is 0 Å². The Hall–Kier alpha value is -3.49. The fourth-order valence-electron chi connectivity index (χ4n) is 2.23. The van der Waals surface area contributed by atoms with Crippen molar-refractivity contribution < 1.29 is 99.2 Å². The molecule has 1 aromatic carbocycles. The molecule has 0 aliphatic heterocycles. The summed E-state index contributed by atoms with van der Waals surface area (Å²) in [5.74, 6) is -57.6. The van der Waals surface area contributed by atoms with E-state index >= 15 is 0 Å². The summed E-state index contributed by atoms with van der Waals surface area (Å²) >= 11 is 0. The van der Waals surface area contributed by atoms with Crippen LogP contribution in [0.25, 0.3) is 0 Å². The molecule has 0 saturated heterocycles. The third kappa shape index (κ3) is 5.36. The molecular weight excluding hydrogens is 607 g/mol. The highest BCUT2D eigenvalue weighted by molar-refractivity contribution is 5.94. The summed E-state index contributed by atoms with van der Waals surface area (Å²) in [7, 11) is 0. The van der Waals surface area contributed by atoms with Gasteiger partial charge in [-0.05, 0) is 18.2 Å². The van der Waals surface area contributed by atoms with E-state index in [9.17, 15) is 84.2 Å². The molecule has 2 N–H and O–H groups in total. The van der Waals surface area contributed by atoms with E-state index in [1.807, 2.05) is 0 Å². The monoisotopic (exact) mass is 612 g/mol. The van der Waals surface area contributed by atoms with E-state index in [0.29, 0.717) is 0 Å². The Morgan fingerprint density at radius 2 is 0.923 bits per heavy atom. The standard InChI is InChI=1S/C17H5F17O5/c18-7(8(19)12(22,23)16(30,31)32)11(20,21)13(24,25)14(26,27)15(28,29)17(33,34)39-6-2-4(9(35)36)1-5(3-6)10(37)38/h1-3H,(H,35,36)(H,37,38)/b8-7+. The highest BCUT2D eigenvalue weighted by Crippen LogP contribution is 2.60. The third-order valence-electron chi connectivity index (χ3n) is 4.30. The van der Waals surface area contributed by atoms with Crippen LogP contribution < -0.4 is 4.74 Å². The fourth-order valence-corrected chi connectivity index (χ4v) is 2.23. The molecule has 0 amide bonds. The summed E-state index contributed by atoms with van der Waals surface area (Å²) in [6.07, 6.45) is -14.6. The molecule has 1 rings (SSSR count). The summed E-state index contributed by atoms with van der Waals surface area (Å²) in [6, 6.07) is -0.446. The van der Waals surface area contributed by atoms with E-state index in [4.69, 9.17) is 10.2 Å². The molecule has 0 atom stereocenters. The van der Waals surface area contributed by atoms with Gasteiger partial charge in [0.1, 0.15) is 5.75 Å². The molecule has 0 heterocycles. The maximum absolute atomic E-state index is 13.9. The predicted octanol–water partition coefficient (Wildman–Crippen LogP) is 6.94. The first-order valence-electron chi connectivity index (χ1n) is 8.71. The average molecular weight is 612 g/mol. The first-order valence-corrected chi connectivity index (χ1v) is 8.71. The second-order valence-corrected chi connectivity index (χ2v) is 6.97. The number of ether oxygens (including phenoxy) is 1.